The van der Waals surface area contributed by atoms with Crippen LogP contribution >= 0.6 is 0 Å². The van der Waals surface area contributed by atoms with E-state index >= 15 is 0 Å². The number of unbranched alkanes of at least 4 members (excludes halogenated alkanes) is 28. The van der Waals surface area contributed by atoms with E-state index in [0.717, 1.165) is 0 Å². The smallest absolute Gasteiger partial charge is 0.105 e. The lowest BCUT2D eigenvalue weighted by Crippen LogP contribution is -2.48. The number of quaternary nitrogens is 1. The average molecular weight is 699 g/mol. The summed E-state index contributed by atoms with van der Waals surface area (Å²) in [5.41, 5.74) is 3.02. The topological polar surface area (TPSA) is 0 Å². The molecule has 0 aliphatic carbocycles. The molecule has 1 heteroatoms. The molecule has 2 aromatic rings. The third-order valence-corrected chi connectivity index (χ3v) is 11.3. The van der Waals surface area contributed by atoms with Crippen LogP contribution in [0.5, 0.6) is 0 Å². The predicted octanol–water partition coefficient (Wildman–Crippen LogP) is 16.3. The molecular weight excluding hydrogens is 615 g/mol. The number of hydrogen-bond donors (Lipinski definition) is 0. The largest absolute Gasteiger partial charge is 0.316 e. The van der Waals surface area contributed by atoms with Gasteiger partial charge in [0.1, 0.15) is 13.1 Å². The fourth-order valence-electron chi connectivity index (χ4n) is 8.14. The van der Waals surface area contributed by atoms with Crippen molar-refractivity contribution in [1.82, 2.24) is 0 Å². The van der Waals surface area contributed by atoms with Crippen molar-refractivity contribution in [3.63, 3.8) is 0 Å². The van der Waals surface area contributed by atoms with Crippen LogP contribution in [0.25, 0.3) is 0 Å². The van der Waals surface area contributed by atoms with E-state index in [1.54, 1.807) is 0 Å². The Hall–Kier alpha value is -2.12. The zero-order valence-corrected chi connectivity index (χ0v) is 33.8. The van der Waals surface area contributed by atoms with Gasteiger partial charge in [-0.05, 0) is 51.4 Å². The molecule has 288 valence electrons. The lowest BCUT2D eigenvalue weighted by molar-refractivity contribution is -0.954. The fourth-order valence-corrected chi connectivity index (χ4v) is 8.14. The van der Waals surface area contributed by atoms with Gasteiger partial charge in [0.25, 0.3) is 0 Å². The number of nitrogens with zero attached hydrogens (tertiary/aromatic N) is 1. The highest BCUT2D eigenvalue weighted by atomic mass is 15.3. The van der Waals surface area contributed by atoms with Gasteiger partial charge < -0.3 is 4.48 Å². The van der Waals surface area contributed by atoms with Crippen molar-refractivity contribution >= 4 is 0 Å². The molecular formula is C50H84N+. The second-order valence-electron chi connectivity index (χ2n) is 16.1. The zero-order valence-electron chi connectivity index (χ0n) is 33.8. The summed E-state index contributed by atoms with van der Waals surface area (Å²) >= 11 is 0. The van der Waals surface area contributed by atoms with Crippen molar-refractivity contribution < 1.29 is 4.48 Å². The number of benzene rings is 2. The summed E-state index contributed by atoms with van der Waals surface area (Å²) in [6.07, 6.45) is 46.2. The Morgan fingerprint density at radius 2 is 0.549 bits per heavy atom. The Morgan fingerprint density at radius 3 is 0.804 bits per heavy atom. The van der Waals surface area contributed by atoms with E-state index in [9.17, 15) is 0 Å². The Morgan fingerprint density at radius 1 is 0.314 bits per heavy atom. The van der Waals surface area contributed by atoms with Gasteiger partial charge in [0.05, 0.1) is 13.1 Å². The number of allylic oxidation sites excluding steroid dienone is 2. The van der Waals surface area contributed by atoms with E-state index in [1.807, 2.05) is 0 Å². The second-order valence-corrected chi connectivity index (χ2v) is 16.1. The number of rotatable bonds is 38. The first-order chi connectivity index (χ1) is 25.3. The van der Waals surface area contributed by atoms with E-state index in [0.29, 0.717) is 0 Å². The van der Waals surface area contributed by atoms with E-state index in [1.165, 1.54) is 234 Å². The van der Waals surface area contributed by atoms with Gasteiger partial charge in [-0.25, -0.2) is 0 Å². The van der Waals surface area contributed by atoms with Gasteiger partial charge >= 0.3 is 0 Å². The highest BCUT2D eigenvalue weighted by Crippen LogP contribution is 2.24. The lowest BCUT2D eigenvalue weighted by Gasteiger charge is -2.39. The molecule has 0 fully saturated rings. The summed E-state index contributed by atoms with van der Waals surface area (Å²) in [7, 11) is 0. The molecule has 2 rings (SSSR count). The van der Waals surface area contributed by atoms with Crippen molar-refractivity contribution in [3.05, 3.63) is 97.1 Å². The van der Waals surface area contributed by atoms with Crippen LogP contribution in [-0.4, -0.2) is 17.6 Å². The summed E-state index contributed by atoms with van der Waals surface area (Å²) < 4.78 is 1.22. The molecule has 1 nitrogen and oxygen atoms in total. The number of hydrogen-bond acceptors (Lipinski definition) is 0. The molecule has 0 aliphatic rings. The van der Waals surface area contributed by atoms with E-state index in [-0.39, 0.29) is 0 Å². The summed E-state index contributed by atoms with van der Waals surface area (Å²) in [6.45, 7) is 12.6. The molecule has 51 heavy (non-hydrogen) atoms. The van der Waals surface area contributed by atoms with Gasteiger partial charge in [-0.2, -0.15) is 0 Å². The van der Waals surface area contributed by atoms with E-state index < -0.39 is 0 Å². The minimum Gasteiger partial charge on any atom is -0.316 e. The molecule has 0 unspecified atom stereocenters. The van der Waals surface area contributed by atoms with Gasteiger partial charge in [-0.3, -0.25) is 0 Å². The summed E-state index contributed by atoms with van der Waals surface area (Å²) in [5, 5.41) is 0. The molecule has 0 N–H and O–H groups in total. The third-order valence-electron chi connectivity index (χ3n) is 11.3. The monoisotopic (exact) mass is 699 g/mol. The van der Waals surface area contributed by atoms with Gasteiger partial charge in [0.15, 0.2) is 0 Å². The first-order valence-electron chi connectivity index (χ1n) is 22.4. The Balaban J connectivity index is 1.68. The van der Waals surface area contributed by atoms with Crippen LogP contribution in [0.1, 0.15) is 204 Å². The quantitative estimate of drug-likeness (QED) is 0.0372. The predicted molar refractivity (Wildman–Crippen MR) is 229 cm³/mol. The Bertz CT molecular complexity index is 926. The summed E-state index contributed by atoms with van der Waals surface area (Å²) in [6, 6.07) is 22.8. The van der Waals surface area contributed by atoms with Crippen LogP contribution in [0, 0.1) is 0 Å². The highest BCUT2D eigenvalue weighted by Gasteiger charge is 2.27. The van der Waals surface area contributed by atoms with Gasteiger partial charge in [0, 0.05) is 11.1 Å². The van der Waals surface area contributed by atoms with Gasteiger partial charge in [-0.15, -0.1) is 13.2 Å². The molecule has 0 atom stereocenters. The summed E-state index contributed by atoms with van der Waals surface area (Å²) in [4.78, 5) is 0. The zero-order chi connectivity index (χ0) is 36.2. The first kappa shape index (κ1) is 45.0. The van der Waals surface area contributed by atoms with Crippen molar-refractivity contribution in [1.29, 1.82) is 0 Å². The minimum absolute atomic E-state index is 1.17. The summed E-state index contributed by atoms with van der Waals surface area (Å²) in [5.74, 6) is 0. The molecule has 0 aromatic heterocycles. The minimum atomic E-state index is 1.17. The second kappa shape index (κ2) is 33.7. The van der Waals surface area contributed by atoms with Crippen molar-refractivity contribution in [2.24, 2.45) is 0 Å². The lowest BCUT2D eigenvalue weighted by atomic mass is 10.0. The van der Waals surface area contributed by atoms with Crippen molar-refractivity contribution in [2.75, 3.05) is 13.1 Å². The van der Waals surface area contributed by atoms with Crippen LogP contribution in [-0.2, 0) is 13.1 Å². The maximum atomic E-state index is 3.83. The molecule has 0 saturated heterocycles. The SMILES string of the molecule is C=CCCCCCCCCCCCCCCCC[N+](CCCCCCCCCCCCCCCCC=C)(Cc1ccccc1)Cc1ccccc1. The molecule has 0 heterocycles. The molecule has 0 bridgehead atoms. The fraction of sp³-hybridized carbons (Fsp3) is 0.680. The van der Waals surface area contributed by atoms with Crippen LogP contribution in [0.4, 0.5) is 0 Å². The van der Waals surface area contributed by atoms with Crippen LogP contribution in [0.15, 0.2) is 86.0 Å². The van der Waals surface area contributed by atoms with Crippen molar-refractivity contribution in [3.8, 4) is 0 Å². The van der Waals surface area contributed by atoms with Crippen molar-refractivity contribution in [2.45, 2.75) is 206 Å². The maximum Gasteiger partial charge on any atom is 0.105 e. The molecule has 0 radical (unpaired) electrons. The van der Waals surface area contributed by atoms with Crippen LogP contribution < -0.4 is 0 Å². The molecule has 0 aliphatic heterocycles. The average Bonchev–Trinajstić information content (AvgIpc) is 3.15. The van der Waals surface area contributed by atoms with E-state index in [4.69, 9.17) is 0 Å². The van der Waals surface area contributed by atoms with Gasteiger partial charge in [-0.1, -0.05) is 214 Å². The first-order valence-corrected chi connectivity index (χ1v) is 22.4. The maximum absolute atomic E-state index is 3.83. The Labute approximate surface area is 319 Å². The van der Waals surface area contributed by atoms with Crippen LogP contribution in [0.2, 0.25) is 0 Å². The standard InChI is InChI=1S/C50H84N/c1-3-5-7-9-11-13-15-17-19-21-23-25-27-29-31-39-45-51(47-49-41-35-33-36-42-49,48-50-43-37-34-38-44-50)46-40-32-30-28-26-24-22-20-18-16-14-12-10-8-6-4-2/h3-4,33-38,41-44H,1-2,5-32,39-40,45-48H2/q+1. The van der Waals surface area contributed by atoms with Gasteiger partial charge in [0.2, 0.25) is 0 Å². The van der Waals surface area contributed by atoms with E-state index in [2.05, 4.69) is 86.0 Å². The molecule has 2 aromatic carbocycles. The Kier molecular flexibility index (Phi) is 29.8. The third kappa shape index (κ3) is 26.3. The molecule has 0 amide bonds. The molecule has 0 saturated carbocycles. The highest BCUT2D eigenvalue weighted by molar-refractivity contribution is 5.15. The molecule has 0 spiro atoms. The van der Waals surface area contributed by atoms with Crippen LogP contribution in [0.3, 0.4) is 0 Å². The normalized spacial score (nSPS) is 11.6.